The highest BCUT2D eigenvalue weighted by Gasteiger charge is 2.43. The van der Waals surface area contributed by atoms with Crippen molar-refractivity contribution >= 4 is 45.2 Å². The Labute approximate surface area is 259 Å². The number of carboxylic acids is 2. The van der Waals surface area contributed by atoms with Crippen molar-refractivity contribution in [3.05, 3.63) is 66.0 Å². The molecule has 3 aromatic heterocycles. The lowest BCUT2D eigenvalue weighted by Gasteiger charge is -2.42. The molecule has 0 saturated heterocycles. The highest BCUT2D eigenvalue weighted by Crippen LogP contribution is 2.40. The molecule has 2 aromatic carbocycles. The third kappa shape index (κ3) is 4.96. The third-order valence-corrected chi connectivity index (χ3v) is 8.62. The van der Waals surface area contributed by atoms with E-state index in [1.54, 1.807) is 33.9 Å². The van der Waals surface area contributed by atoms with Gasteiger partial charge in [-0.05, 0) is 35.4 Å². The summed E-state index contributed by atoms with van der Waals surface area (Å²) in [4.78, 5) is 37.0. The minimum Gasteiger partial charge on any atom is -0.481 e. The molecule has 8 rings (SSSR count). The summed E-state index contributed by atoms with van der Waals surface area (Å²) < 4.78 is 18.5. The maximum absolute atomic E-state index is 15.8. The van der Waals surface area contributed by atoms with Gasteiger partial charge >= 0.3 is 11.9 Å². The number of carboxylic acid groups (broad SMARTS) is 2. The average molecular weight is 631 g/mol. The number of hydrogen-bond acceptors (Lipinski definition) is 8. The number of aliphatic carboxylic acids is 2. The van der Waals surface area contributed by atoms with Gasteiger partial charge in [0.1, 0.15) is 43.2 Å². The number of aromatic nitrogens is 7. The zero-order chi connectivity index (χ0) is 32.2. The van der Waals surface area contributed by atoms with E-state index in [0.29, 0.717) is 57.3 Å². The highest BCUT2D eigenvalue weighted by molar-refractivity contribution is 6.04. The van der Waals surface area contributed by atoms with Crippen LogP contribution in [-0.4, -0.2) is 87.1 Å². The number of nitrogens with zero attached hydrogens (tertiary/aromatic N) is 8. The Hall–Kier alpha value is -5.48. The number of quaternary nitrogens is 1. The topological polar surface area (TPSA) is 190 Å². The van der Waals surface area contributed by atoms with Gasteiger partial charge in [0, 0.05) is 29.2 Å². The molecule has 0 aliphatic carbocycles. The van der Waals surface area contributed by atoms with Crippen molar-refractivity contribution in [2.45, 2.75) is 45.1 Å². The molecule has 3 aliphatic heterocycles. The number of carbonyl (C=O) groups excluding carboxylic acids is 1. The largest absolute Gasteiger partial charge is 0.481 e. The van der Waals surface area contributed by atoms with Crippen LogP contribution in [0.25, 0.3) is 38.5 Å². The smallest absolute Gasteiger partial charge is 0.325 e. The minimum atomic E-state index is -1.10. The van der Waals surface area contributed by atoms with Gasteiger partial charge in [0.15, 0.2) is 0 Å². The van der Waals surface area contributed by atoms with E-state index in [2.05, 4.69) is 20.7 Å². The van der Waals surface area contributed by atoms with Crippen LogP contribution in [0.4, 0.5) is 4.39 Å². The molecule has 0 spiro atoms. The zero-order valence-corrected chi connectivity index (χ0v) is 24.4. The fraction of sp³-hybridized carbons (Fsp3) is 0.300. The fourth-order valence-corrected chi connectivity index (χ4v) is 6.42. The van der Waals surface area contributed by atoms with E-state index in [0.717, 1.165) is 10.3 Å². The molecular formula is C30H29FN9O6+. The maximum Gasteiger partial charge on any atom is 0.325 e. The van der Waals surface area contributed by atoms with Crippen molar-refractivity contribution in [2.24, 2.45) is 0 Å². The molecule has 0 radical (unpaired) electrons. The SMILES string of the molecule is O=C(O)CCC(O)[N+]12CC=C(CC1)c1nn(CC(=O)NCc3cn(CC(=O)O)nn3)c3cccc(c13)-c1cc3c(cnn32)cc1F. The summed E-state index contributed by atoms with van der Waals surface area (Å²) >= 11 is 0. The van der Waals surface area contributed by atoms with Crippen molar-refractivity contribution in [1.29, 1.82) is 0 Å². The van der Waals surface area contributed by atoms with E-state index >= 15 is 4.39 Å². The van der Waals surface area contributed by atoms with Crippen LogP contribution in [0, 0.1) is 5.82 Å². The molecule has 2 unspecified atom stereocenters. The Balaban J connectivity index is 1.29. The van der Waals surface area contributed by atoms with Crippen LogP contribution in [0.3, 0.4) is 0 Å². The van der Waals surface area contributed by atoms with Gasteiger partial charge in [-0.1, -0.05) is 17.3 Å². The Morgan fingerprint density at radius 3 is 2.70 bits per heavy atom. The Morgan fingerprint density at radius 1 is 1.09 bits per heavy atom. The summed E-state index contributed by atoms with van der Waals surface area (Å²) in [5.41, 5.74) is 3.93. The summed E-state index contributed by atoms with van der Waals surface area (Å²) in [7, 11) is 0. The fourth-order valence-electron chi connectivity index (χ4n) is 6.42. The predicted molar refractivity (Wildman–Crippen MR) is 161 cm³/mol. The molecule has 5 aromatic rings. The van der Waals surface area contributed by atoms with Crippen molar-refractivity contribution < 1.29 is 34.1 Å². The molecule has 0 saturated carbocycles. The molecular weight excluding hydrogens is 601 g/mol. The average Bonchev–Trinajstić information content (AvgIpc) is 3.75. The Kier molecular flexibility index (Phi) is 7.09. The number of rotatable bonds is 10. The highest BCUT2D eigenvalue weighted by atomic mass is 19.1. The van der Waals surface area contributed by atoms with Gasteiger partial charge < -0.3 is 20.6 Å². The van der Waals surface area contributed by atoms with Crippen LogP contribution < -0.4 is 9.91 Å². The van der Waals surface area contributed by atoms with Crippen LogP contribution in [0.1, 0.15) is 30.7 Å². The van der Waals surface area contributed by atoms with Gasteiger partial charge in [-0.3, -0.25) is 19.1 Å². The number of halogens is 1. The van der Waals surface area contributed by atoms with E-state index in [1.807, 2.05) is 12.1 Å². The predicted octanol–water partition coefficient (Wildman–Crippen LogP) is 1.61. The van der Waals surface area contributed by atoms with Crippen LogP contribution in [0.5, 0.6) is 0 Å². The lowest BCUT2D eigenvalue weighted by molar-refractivity contribution is -0.140. The normalized spacial score (nSPS) is 17.7. The molecule has 15 nitrogen and oxygen atoms in total. The molecule has 2 atom stereocenters. The van der Waals surface area contributed by atoms with E-state index in [1.165, 1.54) is 12.3 Å². The molecule has 3 aliphatic rings. The van der Waals surface area contributed by atoms with Crippen LogP contribution >= 0.6 is 0 Å². The lowest BCUT2D eigenvalue weighted by Crippen LogP contribution is -2.66. The first-order valence-electron chi connectivity index (χ1n) is 14.6. The second-order valence-corrected chi connectivity index (χ2v) is 11.5. The number of amides is 1. The summed E-state index contributed by atoms with van der Waals surface area (Å²) in [5.74, 6) is -2.93. The first-order chi connectivity index (χ1) is 22.1. The summed E-state index contributed by atoms with van der Waals surface area (Å²) in [6.07, 6.45) is 4.06. The summed E-state index contributed by atoms with van der Waals surface area (Å²) in [5, 5.41) is 50.7. The van der Waals surface area contributed by atoms with E-state index in [9.17, 15) is 24.6 Å². The molecule has 46 heavy (non-hydrogen) atoms. The van der Waals surface area contributed by atoms with Crippen molar-refractivity contribution in [1.82, 2.24) is 44.6 Å². The quantitative estimate of drug-likeness (QED) is 0.165. The molecule has 4 bridgehead atoms. The van der Waals surface area contributed by atoms with Gasteiger partial charge in [-0.2, -0.15) is 9.69 Å². The van der Waals surface area contributed by atoms with Gasteiger partial charge in [-0.15, -0.1) is 15.0 Å². The third-order valence-electron chi connectivity index (χ3n) is 8.62. The zero-order valence-electron chi connectivity index (χ0n) is 24.4. The van der Waals surface area contributed by atoms with E-state index in [4.69, 9.17) is 10.2 Å². The number of fused-ring (bicyclic) bond motifs is 2. The van der Waals surface area contributed by atoms with Gasteiger partial charge in [0.25, 0.3) is 0 Å². The molecule has 6 heterocycles. The van der Waals surface area contributed by atoms with Gasteiger partial charge in [0.05, 0.1) is 36.6 Å². The Bertz CT molecular complexity index is 2080. The monoisotopic (exact) mass is 630 g/mol. The van der Waals surface area contributed by atoms with E-state index in [-0.39, 0.29) is 49.5 Å². The molecule has 16 heteroatoms. The first kappa shape index (κ1) is 29.2. The summed E-state index contributed by atoms with van der Waals surface area (Å²) in [6, 6.07) is 8.50. The van der Waals surface area contributed by atoms with Crippen LogP contribution in [0.15, 0.2) is 48.8 Å². The standard InChI is InChI=1S/C30H28FN9O6/c31-22-10-18-12-33-39-24(18)11-21(22)20-2-1-3-23-29(20)30(17-6-8-40(39,9-7-17)26(42)4-5-27(43)44)35-38(23)15-25(41)32-13-19-14-37(36-34-19)16-28(45)46/h1-3,6,10-12,14,26,42H,4-5,7-9,13,15-16H2,(H2-,32,41,43,44,45,46)/p+1. The van der Waals surface area contributed by atoms with Crippen molar-refractivity contribution in [3.8, 4) is 11.1 Å². The molecule has 1 amide bonds. The minimum absolute atomic E-state index is 0.00200. The van der Waals surface area contributed by atoms with E-state index < -0.39 is 24.0 Å². The second kappa shape index (κ2) is 11.1. The van der Waals surface area contributed by atoms with Gasteiger partial charge in [-0.25, -0.2) is 9.07 Å². The number of carbonyl (C=O) groups is 3. The molecule has 4 N–H and O–H groups in total. The number of nitrogens with one attached hydrogen (secondary N) is 1. The number of aliphatic hydroxyl groups is 1. The maximum atomic E-state index is 15.8. The Morgan fingerprint density at radius 2 is 1.93 bits per heavy atom. The molecule has 236 valence electrons. The van der Waals surface area contributed by atoms with Crippen molar-refractivity contribution in [2.75, 3.05) is 13.1 Å². The lowest BCUT2D eigenvalue weighted by atomic mass is 9.94. The summed E-state index contributed by atoms with van der Waals surface area (Å²) in [6.45, 7) is 0.177. The number of aliphatic hydroxyl groups excluding tert-OH is 1. The number of benzene rings is 2. The molecule has 0 fully saturated rings. The number of hydrogen-bond donors (Lipinski definition) is 4. The van der Waals surface area contributed by atoms with Crippen molar-refractivity contribution in [3.63, 3.8) is 0 Å². The van der Waals surface area contributed by atoms with Crippen LogP contribution in [0.2, 0.25) is 0 Å². The second-order valence-electron chi connectivity index (χ2n) is 11.5. The van der Waals surface area contributed by atoms with Crippen LogP contribution in [-0.2, 0) is 34.0 Å². The van der Waals surface area contributed by atoms with Gasteiger partial charge in [0.2, 0.25) is 12.1 Å². The first-order valence-corrected chi connectivity index (χ1v) is 14.6.